The summed E-state index contributed by atoms with van der Waals surface area (Å²) in [6.45, 7) is 2.38. The molecule has 4 nitrogen and oxygen atoms in total. The molecule has 1 aliphatic carbocycles. The number of carbonyl (C=O) groups excluding carboxylic acids is 1. The van der Waals surface area contributed by atoms with Crippen LogP contribution in [0.1, 0.15) is 36.1 Å². The molecule has 0 aromatic carbocycles. The van der Waals surface area contributed by atoms with Crippen LogP contribution in [0.25, 0.3) is 0 Å². The van der Waals surface area contributed by atoms with E-state index in [0.717, 1.165) is 25.0 Å². The second-order valence-corrected chi connectivity index (χ2v) is 4.07. The van der Waals surface area contributed by atoms with E-state index in [1.54, 1.807) is 11.0 Å². The summed E-state index contributed by atoms with van der Waals surface area (Å²) in [5.41, 5.74) is 0. The number of furan rings is 1. The molecule has 88 valence electrons. The second kappa shape index (κ2) is 4.70. The lowest BCUT2D eigenvalue weighted by atomic mass is 10.3. The number of hydrogen-bond donors (Lipinski definition) is 1. The highest BCUT2D eigenvalue weighted by molar-refractivity contribution is 5.92. The molecule has 1 aromatic rings. The van der Waals surface area contributed by atoms with Crippen molar-refractivity contribution in [2.24, 2.45) is 0 Å². The van der Waals surface area contributed by atoms with Crippen molar-refractivity contribution < 1.29 is 14.3 Å². The smallest absolute Gasteiger partial charge is 0.289 e. The SMILES string of the molecule is CCc1ccc(C(=O)N(CCO)C2CC2)o1. The fourth-order valence-corrected chi connectivity index (χ4v) is 1.77. The fourth-order valence-electron chi connectivity index (χ4n) is 1.77. The van der Waals surface area contributed by atoms with Gasteiger partial charge in [-0.15, -0.1) is 0 Å². The molecule has 0 radical (unpaired) electrons. The molecule has 1 amide bonds. The molecular formula is C12H17NO3. The summed E-state index contributed by atoms with van der Waals surface area (Å²) in [4.78, 5) is 13.8. The molecule has 0 atom stereocenters. The Labute approximate surface area is 94.9 Å². The van der Waals surface area contributed by atoms with Gasteiger partial charge in [-0.1, -0.05) is 6.92 Å². The van der Waals surface area contributed by atoms with Gasteiger partial charge in [-0.05, 0) is 25.0 Å². The van der Waals surface area contributed by atoms with E-state index in [1.807, 2.05) is 13.0 Å². The molecular weight excluding hydrogens is 206 g/mol. The van der Waals surface area contributed by atoms with Gasteiger partial charge in [-0.3, -0.25) is 4.79 Å². The van der Waals surface area contributed by atoms with Gasteiger partial charge in [0, 0.05) is 19.0 Å². The van der Waals surface area contributed by atoms with Crippen molar-refractivity contribution in [3.63, 3.8) is 0 Å². The van der Waals surface area contributed by atoms with Gasteiger partial charge < -0.3 is 14.4 Å². The minimum Gasteiger partial charge on any atom is -0.456 e. The van der Waals surface area contributed by atoms with Crippen LogP contribution < -0.4 is 0 Å². The van der Waals surface area contributed by atoms with Crippen molar-refractivity contribution in [2.45, 2.75) is 32.2 Å². The number of carbonyl (C=O) groups is 1. The van der Waals surface area contributed by atoms with Gasteiger partial charge in [0.25, 0.3) is 5.91 Å². The topological polar surface area (TPSA) is 53.7 Å². The van der Waals surface area contributed by atoms with Crippen molar-refractivity contribution >= 4 is 5.91 Å². The maximum atomic E-state index is 12.1. The van der Waals surface area contributed by atoms with E-state index in [-0.39, 0.29) is 12.5 Å². The van der Waals surface area contributed by atoms with Crippen molar-refractivity contribution in [3.8, 4) is 0 Å². The van der Waals surface area contributed by atoms with Crippen molar-refractivity contribution in [1.82, 2.24) is 4.90 Å². The van der Waals surface area contributed by atoms with E-state index in [9.17, 15) is 4.79 Å². The Hall–Kier alpha value is -1.29. The monoisotopic (exact) mass is 223 g/mol. The van der Waals surface area contributed by atoms with Gasteiger partial charge in [0.2, 0.25) is 0 Å². The standard InChI is InChI=1S/C12H17NO3/c1-2-10-5-6-11(16-10)12(15)13(7-8-14)9-3-4-9/h5-6,9,14H,2-4,7-8H2,1H3. The third-order valence-electron chi connectivity index (χ3n) is 2.81. The van der Waals surface area contributed by atoms with Crippen LogP contribution in [0.5, 0.6) is 0 Å². The third kappa shape index (κ3) is 2.27. The van der Waals surface area contributed by atoms with Gasteiger partial charge in [-0.2, -0.15) is 0 Å². The Kier molecular flexibility index (Phi) is 3.29. The van der Waals surface area contributed by atoms with Crippen LogP contribution in [-0.2, 0) is 6.42 Å². The summed E-state index contributed by atoms with van der Waals surface area (Å²) >= 11 is 0. The Morgan fingerprint density at radius 2 is 2.31 bits per heavy atom. The number of aliphatic hydroxyl groups excluding tert-OH is 1. The molecule has 1 saturated carbocycles. The second-order valence-electron chi connectivity index (χ2n) is 4.07. The van der Waals surface area contributed by atoms with Crippen LogP contribution in [0.4, 0.5) is 0 Å². The first kappa shape index (κ1) is 11.2. The number of amides is 1. The van der Waals surface area contributed by atoms with Crippen LogP contribution in [0.3, 0.4) is 0 Å². The molecule has 1 N–H and O–H groups in total. The first-order chi connectivity index (χ1) is 7.76. The molecule has 1 fully saturated rings. The molecule has 0 saturated heterocycles. The highest BCUT2D eigenvalue weighted by Crippen LogP contribution is 2.28. The molecule has 1 aromatic heterocycles. The number of rotatable bonds is 5. The zero-order chi connectivity index (χ0) is 11.5. The molecule has 2 rings (SSSR count). The first-order valence-corrected chi connectivity index (χ1v) is 5.76. The van der Waals surface area contributed by atoms with E-state index in [4.69, 9.17) is 9.52 Å². The molecule has 1 heterocycles. The van der Waals surface area contributed by atoms with Crippen LogP contribution in [0.15, 0.2) is 16.5 Å². The average molecular weight is 223 g/mol. The Balaban J connectivity index is 2.09. The quantitative estimate of drug-likeness (QED) is 0.821. The zero-order valence-electron chi connectivity index (χ0n) is 9.48. The Morgan fingerprint density at radius 3 is 2.81 bits per heavy atom. The number of aliphatic hydroxyl groups is 1. The van der Waals surface area contributed by atoms with E-state index < -0.39 is 0 Å². The largest absolute Gasteiger partial charge is 0.456 e. The normalized spacial score (nSPS) is 15.1. The van der Waals surface area contributed by atoms with Crippen LogP contribution in [0.2, 0.25) is 0 Å². The third-order valence-corrected chi connectivity index (χ3v) is 2.81. The van der Waals surface area contributed by atoms with E-state index in [1.165, 1.54) is 0 Å². The molecule has 0 unspecified atom stereocenters. The van der Waals surface area contributed by atoms with E-state index >= 15 is 0 Å². The van der Waals surface area contributed by atoms with Gasteiger partial charge in [0.15, 0.2) is 5.76 Å². The van der Waals surface area contributed by atoms with E-state index in [2.05, 4.69) is 0 Å². The lowest BCUT2D eigenvalue weighted by Crippen LogP contribution is -2.35. The molecule has 0 spiro atoms. The zero-order valence-corrected chi connectivity index (χ0v) is 9.48. The maximum Gasteiger partial charge on any atom is 0.289 e. The summed E-state index contributed by atoms with van der Waals surface area (Å²) in [7, 11) is 0. The highest BCUT2D eigenvalue weighted by atomic mass is 16.4. The predicted octanol–water partition coefficient (Wildman–Crippen LogP) is 1.44. The van der Waals surface area contributed by atoms with Gasteiger partial charge in [0.05, 0.1) is 6.61 Å². The number of aryl methyl sites for hydroxylation is 1. The van der Waals surface area contributed by atoms with Crippen molar-refractivity contribution in [2.75, 3.05) is 13.2 Å². The van der Waals surface area contributed by atoms with Crippen LogP contribution >= 0.6 is 0 Å². The summed E-state index contributed by atoms with van der Waals surface area (Å²) < 4.78 is 5.43. The van der Waals surface area contributed by atoms with Crippen LogP contribution in [-0.4, -0.2) is 35.1 Å². The minimum atomic E-state index is -0.101. The number of nitrogens with zero attached hydrogens (tertiary/aromatic N) is 1. The molecule has 0 bridgehead atoms. The predicted molar refractivity (Wildman–Crippen MR) is 59.2 cm³/mol. The molecule has 1 aliphatic rings. The summed E-state index contributed by atoms with van der Waals surface area (Å²) in [5.74, 6) is 1.11. The van der Waals surface area contributed by atoms with Gasteiger partial charge >= 0.3 is 0 Å². The highest BCUT2D eigenvalue weighted by Gasteiger charge is 2.33. The van der Waals surface area contributed by atoms with Gasteiger partial charge in [0.1, 0.15) is 5.76 Å². The summed E-state index contributed by atoms with van der Waals surface area (Å²) in [6.07, 6.45) is 2.86. The summed E-state index contributed by atoms with van der Waals surface area (Å²) in [5, 5.41) is 8.94. The average Bonchev–Trinajstić information content (AvgIpc) is 3.02. The molecule has 16 heavy (non-hydrogen) atoms. The summed E-state index contributed by atoms with van der Waals surface area (Å²) in [6, 6.07) is 3.85. The molecule has 0 aliphatic heterocycles. The lowest BCUT2D eigenvalue weighted by molar-refractivity contribution is 0.0674. The van der Waals surface area contributed by atoms with Crippen LogP contribution in [0, 0.1) is 0 Å². The van der Waals surface area contributed by atoms with Crippen molar-refractivity contribution in [1.29, 1.82) is 0 Å². The van der Waals surface area contributed by atoms with Gasteiger partial charge in [-0.25, -0.2) is 0 Å². The Bertz CT molecular complexity index is 368. The lowest BCUT2D eigenvalue weighted by Gasteiger charge is -2.19. The Morgan fingerprint density at radius 1 is 1.56 bits per heavy atom. The minimum absolute atomic E-state index is 0.00356. The maximum absolute atomic E-state index is 12.1. The fraction of sp³-hybridized carbons (Fsp3) is 0.583. The molecule has 4 heteroatoms. The van der Waals surface area contributed by atoms with Crippen molar-refractivity contribution in [3.05, 3.63) is 23.7 Å². The first-order valence-electron chi connectivity index (χ1n) is 5.76. The van der Waals surface area contributed by atoms with E-state index in [0.29, 0.717) is 18.3 Å². The number of hydrogen-bond acceptors (Lipinski definition) is 3.